The molecule has 0 atom stereocenters. The molecule has 0 aliphatic carbocycles. The van der Waals surface area contributed by atoms with E-state index in [1.165, 1.54) is 12.1 Å². The van der Waals surface area contributed by atoms with Crippen molar-refractivity contribution in [2.45, 2.75) is 25.8 Å². The number of piperazine rings is 1. The van der Waals surface area contributed by atoms with E-state index in [1.807, 2.05) is 6.07 Å². The van der Waals surface area contributed by atoms with Crippen molar-refractivity contribution in [3.63, 3.8) is 0 Å². The first-order valence-corrected chi connectivity index (χ1v) is 10.8. The molecule has 6 nitrogen and oxygen atoms in total. The molecule has 2 aromatic rings. The van der Waals surface area contributed by atoms with Crippen LogP contribution in [-0.2, 0) is 25.8 Å². The van der Waals surface area contributed by atoms with E-state index >= 15 is 0 Å². The molecule has 32 heavy (non-hydrogen) atoms. The molecule has 1 amide bonds. The van der Waals surface area contributed by atoms with E-state index in [2.05, 4.69) is 32.0 Å². The Bertz CT molecular complexity index is 940. The highest BCUT2D eigenvalue weighted by Crippen LogP contribution is 2.30. The Morgan fingerprint density at radius 2 is 1.78 bits per heavy atom. The van der Waals surface area contributed by atoms with Crippen LogP contribution in [-0.4, -0.2) is 71.9 Å². The van der Waals surface area contributed by atoms with Gasteiger partial charge in [0, 0.05) is 65.1 Å². The van der Waals surface area contributed by atoms with Gasteiger partial charge in [-0.3, -0.25) is 19.6 Å². The van der Waals surface area contributed by atoms with Crippen LogP contribution in [0.1, 0.15) is 32.7 Å². The Morgan fingerprint density at radius 1 is 1.06 bits per heavy atom. The number of alkyl halides is 3. The topological polar surface area (TPSA) is 51.7 Å². The summed E-state index contributed by atoms with van der Waals surface area (Å²) in [6.45, 7) is 7.31. The molecule has 0 bridgehead atoms. The number of fused-ring (bicyclic) bond motifs is 1. The number of pyridine rings is 1. The van der Waals surface area contributed by atoms with Crippen LogP contribution >= 0.6 is 0 Å². The van der Waals surface area contributed by atoms with Gasteiger partial charge >= 0.3 is 6.18 Å². The van der Waals surface area contributed by atoms with Crippen molar-refractivity contribution >= 4 is 5.91 Å². The van der Waals surface area contributed by atoms with Gasteiger partial charge in [0.15, 0.2) is 0 Å². The molecule has 2 aliphatic heterocycles. The van der Waals surface area contributed by atoms with Crippen LogP contribution in [0.5, 0.6) is 0 Å². The van der Waals surface area contributed by atoms with Crippen molar-refractivity contribution in [2.75, 3.05) is 46.3 Å². The molecule has 4 rings (SSSR count). The summed E-state index contributed by atoms with van der Waals surface area (Å²) >= 11 is 0. The molecule has 0 unspecified atom stereocenters. The predicted octanol–water partition coefficient (Wildman–Crippen LogP) is 2.59. The molecule has 1 aromatic heterocycles. The van der Waals surface area contributed by atoms with Crippen LogP contribution in [0.25, 0.3) is 0 Å². The quantitative estimate of drug-likeness (QED) is 0.738. The summed E-state index contributed by atoms with van der Waals surface area (Å²) < 4.78 is 38.2. The van der Waals surface area contributed by atoms with E-state index < -0.39 is 11.7 Å². The van der Waals surface area contributed by atoms with Gasteiger partial charge in [0.2, 0.25) is 0 Å². The van der Waals surface area contributed by atoms with E-state index in [0.717, 1.165) is 61.7 Å². The van der Waals surface area contributed by atoms with Gasteiger partial charge in [-0.15, -0.1) is 0 Å². The van der Waals surface area contributed by atoms with E-state index in [4.69, 9.17) is 0 Å². The predicted molar refractivity (Wildman–Crippen MR) is 115 cm³/mol. The summed E-state index contributed by atoms with van der Waals surface area (Å²) in [7, 11) is 2.12. The Labute approximate surface area is 186 Å². The largest absolute Gasteiger partial charge is 0.416 e. The summed E-state index contributed by atoms with van der Waals surface area (Å²) in [4.78, 5) is 23.7. The number of amides is 1. The molecule has 172 valence electrons. The first-order chi connectivity index (χ1) is 15.3. The highest BCUT2D eigenvalue weighted by Gasteiger charge is 2.30. The molecule has 1 aromatic carbocycles. The van der Waals surface area contributed by atoms with Crippen molar-refractivity contribution in [3.05, 3.63) is 64.5 Å². The highest BCUT2D eigenvalue weighted by atomic mass is 19.4. The van der Waals surface area contributed by atoms with Crippen LogP contribution in [0.3, 0.4) is 0 Å². The van der Waals surface area contributed by atoms with Crippen molar-refractivity contribution in [1.29, 1.82) is 0 Å². The smallest absolute Gasteiger partial charge is 0.351 e. The Balaban J connectivity index is 1.28. The first kappa shape index (κ1) is 22.7. The number of hydrogen-bond donors (Lipinski definition) is 1. The fourth-order valence-electron chi connectivity index (χ4n) is 4.12. The summed E-state index contributed by atoms with van der Waals surface area (Å²) in [5, 5.41) is 2.98. The standard InChI is InChI=1S/C23H28F3N5O/c1-29-8-10-30(11-9-29)7-6-27-22(32)18-12-19-15-31(16-21(19)28-13-18)14-17-2-4-20(5-3-17)23(24,25)26/h2-5,12-13H,6-11,14-16H2,1H3,(H,27,32). The number of likely N-dealkylation sites (N-methyl/N-ethyl adjacent to an activating group) is 1. The zero-order chi connectivity index (χ0) is 22.7. The van der Waals surface area contributed by atoms with Gasteiger partial charge in [0.1, 0.15) is 0 Å². The molecular formula is C23H28F3N5O. The van der Waals surface area contributed by atoms with Crippen molar-refractivity contribution < 1.29 is 18.0 Å². The molecule has 3 heterocycles. The lowest BCUT2D eigenvalue weighted by molar-refractivity contribution is -0.137. The number of nitrogens with one attached hydrogen (secondary N) is 1. The van der Waals surface area contributed by atoms with Gasteiger partial charge in [-0.2, -0.15) is 13.2 Å². The molecule has 1 fully saturated rings. The Morgan fingerprint density at radius 3 is 2.47 bits per heavy atom. The summed E-state index contributed by atoms with van der Waals surface area (Å²) in [6.07, 6.45) is -2.72. The van der Waals surface area contributed by atoms with Gasteiger partial charge in [-0.05, 0) is 36.4 Å². The lowest BCUT2D eigenvalue weighted by Gasteiger charge is -2.32. The van der Waals surface area contributed by atoms with Crippen LogP contribution < -0.4 is 5.32 Å². The monoisotopic (exact) mass is 447 g/mol. The molecule has 0 radical (unpaired) electrons. The minimum absolute atomic E-state index is 0.129. The summed E-state index contributed by atoms with van der Waals surface area (Å²) in [5.74, 6) is -0.129. The molecule has 9 heteroatoms. The lowest BCUT2D eigenvalue weighted by Crippen LogP contribution is -2.46. The van der Waals surface area contributed by atoms with Crippen LogP contribution in [0.4, 0.5) is 13.2 Å². The van der Waals surface area contributed by atoms with Crippen LogP contribution in [0, 0.1) is 0 Å². The van der Waals surface area contributed by atoms with Crippen molar-refractivity contribution in [2.24, 2.45) is 0 Å². The number of benzene rings is 1. The van der Waals surface area contributed by atoms with Gasteiger partial charge in [0.05, 0.1) is 16.8 Å². The normalized spacial score (nSPS) is 18.0. The number of carbonyl (C=O) groups excluding carboxylic acids is 1. The van der Waals surface area contributed by atoms with Crippen LogP contribution in [0.15, 0.2) is 36.5 Å². The number of rotatable bonds is 6. The Kier molecular flexibility index (Phi) is 6.78. The minimum atomic E-state index is -4.33. The maximum atomic E-state index is 12.7. The van der Waals surface area contributed by atoms with Gasteiger partial charge in [-0.1, -0.05) is 12.1 Å². The lowest BCUT2D eigenvalue weighted by atomic mass is 10.1. The maximum Gasteiger partial charge on any atom is 0.416 e. The molecule has 1 N–H and O–H groups in total. The second-order valence-electron chi connectivity index (χ2n) is 8.57. The number of aromatic nitrogens is 1. The third kappa shape index (κ3) is 5.65. The highest BCUT2D eigenvalue weighted by molar-refractivity contribution is 5.94. The van der Waals surface area contributed by atoms with E-state index in [-0.39, 0.29) is 5.91 Å². The molecule has 1 saturated heterocycles. The number of halogens is 3. The molecular weight excluding hydrogens is 419 g/mol. The Hall–Kier alpha value is -2.49. The fraction of sp³-hybridized carbons (Fsp3) is 0.478. The molecule has 0 saturated carbocycles. The molecule has 0 spiro atoms. The maximum absolute atomic E-state index is 12.7. The summed E-state index contributed by atoms with van der Waals surface area (Å²) in [6, 6.07) is 7.13. The zero-order valence-electron chi connectivity index (χ0n) is 18.2. The SMILES string of the molecule is CN1CCN(CCNC(=O)c2cnc3c(c2)CN(Cc2ccc(C(F)(F)F)cc2)C3)CC1. The average Bonchev–Trinajstić information content (AvgIpc) is 3.16. The number of carbonyl (C=O) groups is 1. The summed E-state index contributed by atoms with van der Waals surface area (Å²) in [5.41, 5.74) is 2.61. The first-order valence-electron chi connectivity index (χ1n) is 10.8. The fourth-order valence-corrected chi connectivity index (χ4v) is 4.12. The van der Waals surface area contributed by atoms with E-state index in [0.29, 0.717) is 31.7 Å². The zero-order valence-corrected chi connectivity index (χ0v) is 18.2. The van der Waals surface area contributed by atoms with Gasteiger partial charge in [-0.25, -0.2) is 0 Å². The van der Waals surface area contributed by atoms with E-state index in [9.17, 15) is 18.0 Å². The third-order valence-electron chi connectivity index (χ3n) is 6.09. The van der Waals surface area contributed by atoms with Crippen LogP contribution in [0.2, 0.25) is 0 Å². The van der Waals surface area contributed by atoms with E-state index in [1.54, 1.807) is 6.20 Å². The second kappa shape index (κ2) is 9.56. The van der Waals surface area contributed by atoms with Crippen molar-refractivity contribution in [3.8, 4) is 0 Å². The van der Waals surface area contributed by atoms with Crippen molar-refractivity contribution in [1.82, 2.24) is 25.0 Å². The second-order valence-corrected chi connectivity index (χ2v) is 8.57. The average molecular weight is 448 g/mol. The molecule has 2 aliphatic rings. The number of nitrogens with zero attached hydrogens (tertiary/aromatic N) is 4. The van der Waals surface area contributed by atoms with Gasteiger partial charge in [0.25, 0.3) is 5.91 Å². The van der Waals surface area contributed by atoms with Gasteiger partial charge < -0.3 is 10.2 Å². The number of hydrogen-bond acceptors (Lipinski definition) is 5. The third-order valence-corrected chi connectivity index (χ3v) is 6.09. The minimum Gasteiger partial charge on any atom is -0.351 e.